The zero-order chi connectivity index (χ0) is 12.0. The maximum absolute atomic E-state index is 9.45. The van der Waals surface area contributed by atoms with E-state index >= 15 is 0 Å². The second kappa shape index (κ2) is 11.8. The van der Waals surface area contributed by atoms with Crippen LogP contribution >= 0.6 is 0 Å². The largest absolute Gasteiger partial charge is 3.00 e. The van der Waals surface area contributed by atoms with Gasteiger partial charge in [-0.2, -0.15) is 18.2 Å². The Balaban J connectivity index is -0.000000277. The Morgan fingerprint density at radius 3 is 1.63 bits per heavy atom. The van der Waals surface area contributed by atoms with Crippen LogP contribution in [0.3, 0.4) is 0 Å². The summed E-state index contributed by atoms with van der Waals surface area (Å²) in [5, 5.41) is 9.45. The van der Waals surface area contributed by atoms with Crippen molar-refractivity contribution >= 4 is 0 Å². The van der Waals surface area contributed by atoms with Crippen LogP contribution in [-0.2, 0) is 27.1 Å². The van der Waals surface area contributed by atoms with Crippen molar-refractivity contribution in [2.24, 2.45) is 0 Å². The molecule has 1 nitrogen and oxygen atoms in total. The van der Waals surface area contributed by atoms with Crippen LogP contribution in [0.4, 0.5) is 0 Å². The summed E-state index contributed by atoms with van der Waals surface area (Å²) in [4.78, 5) is 0. The molecule has 19 heavy (non-hydrogen) atoms. The number of halogens is 2. The zero-order valence-corrected chi connectivity index (χ0v) is 16.1. The molecular formula is C15H19Br2OTi. The molecule has 0 aliphatic carbocycles. The van der Waals surface area contributed by atoms with Gasteiger partial charge in [0.1, 0.15) is 5.75 Å². The average molecular weight is 423 g/mol. The van der Waals surface area contributed by atoms with Crippen LogP contribution in [0.5, 0.6) is 5.75 Å². The molecule has 0 bridgehead atoms. The Hall–Kier alpha value is 0.0443. The summed E-state index contributed by atoms with van der Waals surface area (Å²) in [6, 6.07) is 17.5. The summed E-state index contributed by atoms with van der Waals surface area (Å²) >= 11 is 0. The second-order valence-electron chi connectivity index (χ2n) is 4.73. The molecule has 0 fully saturated rings. The minimum atomic E-state index is 0. The number of hydrogen-bond acceptors (Lipinski definition) is 1. The van der Waals surface area contributed by atoms with Crippen LogP contribution in [0.2, 0.25) is 0 Å². The molecule has 0 amide bonds. The monoisotopic (exact) mass is 421 g/mol. The third kappa shape index (κ3) is 9.56. The van der Waals surface area contributed by atoms with Crippen molar-refractivity contribution in [2.45, 2.75) is 26.2 Å². The molecule has 0 spiro atoms. The molecule has 103 valence electrons. The SMILES string of the molecule is CC(C)(C)c1ccccc1O.[Br-].[Br-].[Ti+3].c1cc[cH-]c1. The van der Waals surface area contributed by atoms with E-state index in [0.29, 0.717) is 5.75 Å². The summed E-state index contributed by atoms with van der Waals surface area (Å²) in [5.74, 6) is 0.389. The average Bonchev–Trinajstić information content (AvgIpc) is 2.74. The standard InChI is InChI=1S/C10H14O.C5H5.2BrH.Ti/c1-10(2,3)8-6-4-5-7-9(8)11;1-2-4-5-3-1;;;/h4-7,11H,1-3H3;1-5H;2*1H;/q;-1;;;+3/p-2. The van der Waals surface area contributed by atoms with Gasteiger partial charge >= 0.3 is 21.7 Å². The zero-order valence-electron chi connectivity index (χ0n) is 11.4. The van der Waals surface area contributed by atoms with E-state index in [-0.39, 0.29) is 61.1 Å². The molecule has 1 N–H and O–H groups in total. The first kappa shape index (κ1) is 24.1. The summed E-state index contributed by atoms with van der Waals surface area (Å²) in [6.45, 7) is 6.26. The second-order valence-corrected chi connectivity index (χ2v) is 4.73. The minimum Gasteiger partial charge on any atom is -1.00 e. The Bertz CT molecular complexity index is 391. The Labute approximate surface area is 152 Å². The molecule has 0 aliphatic rings. The van der Waals surface area contributed by atoms with E-state index in [1.54, 1.807) is 6.07 Å². The van der Waals surface area contributed by atoms with Crippen molar-refractivity contribution in [3.8, 4) is 5.75 Å². The number of rotatable bonds is 0. The topological polar surface area (TPSA) is 20.2 Å². The summed E-state index contributed by atoms with van der Waals surface area (Å²) in [6.07, 6.45) is 0. The molecule has 0 heterocycles. The van der Waals surface area contributed by atoms with Crippen LogP contribution in [0.15, 0.2) is 54.6 Å². The molecule has 0 unspecified atom stereocenters. The van der Waals surface area contributed by atoms with Gasteiger partial charge in [-0.15, -0.1) is 0 Å². The van der Waals surface area contributed by atoms with Crippen LogP contribution in [0.1, 0.15) is 26.3 Å². The van der Waals surface area contributed by atoms with Crippen molar-refractivity contribution in [1.82, 2.24) is 0 Å². The molecule has 4 heteroatoms. The van der Waals surface area contributed by atoms with E-state index in [0.717, 1.165) is 5.56 Å². The number of benzene rings is 1. The van der Waals surface area contributed by atoms with E-state index in [1.807, 2.05) is 48.5 Å². The van der Waals surface area contributed by atoms with Gasteiger partial charge in [-0.3, -0.25) is 0 Å². The van der Waals surface area contributed by atoms with Gasteiger partial charge in [0.25, 0.3) is 0 Å². The Morgan fingerprint density at radius 2 is 1.37 bits per heavy atom. The van der Waals surface area contributed by atoms with Gasteiger partial charge in [-0.05, 0) is 17.0 Å². The van der Waals surface area contributed by atoms with Gasteiger partial charge in [-0.1, -0.05) is 39.0 Å². The molecule has 0 atom stereocenters. The van der Waals surface area contributed by atoms with Crippen LogP contribution in [0, 0.1) is 0 Å². The van der Waals surface area contributed by atoms with Crippen molar-refractivity contribution < 1.29 is 60.8 Å². The molecule has 0 aromatic heterocycles. The van der Waals surface area contributed by atoms with Gasteiger partial charge in [0.15, 0.2) is 0 Å². The first-order valence-corrected chi connectivity index (χ1v) is 5.47. The predicted octanol–water partition coefficient (Wildman–Crippen LogP) is -1.90. The smallest absolute Gasteiger partial charge is 1.00 e. The van der Waals surface area contributed by atoms with E-state index in [9.17, 15) is 5.11 Å². The maximum atomic E-state index is 9.45. The van der Waals surface area contributed by atoms with E-state index < -0.39 is 0 Å². The number of hydrogen-bond donors (Lipinski definition) is 1. The fourth-order valence-corrected chi connectivity index (χ4v) is 1.43. The summed E-state index contributed by atoms with van der Waals surface area (Å²) in [7, 11) is 0. The Morgan fingerprint density at radius 1 is 0.895 bits per heavy atom. The minimum absolute atomic E-state index is 0. The summed E-state index contributed by atoms with van der Waals surface area (Å²) < 4.78 is 0. The fraction of sp³-hybridized carbons (Fsp3) is 0.267. The van der Waals surface area contributed by atoms with Crippen LogP contribution < -0.4 is 34.0 Å². The fourth-order valence-electron chi connectivity index (χ4n) is 1.43. The normalized spacial score (nSPS) is 8.79. The van der Waals surface area contributed by atoms with Gasteiger partial charge in [-0.25, -0.2) is 12.1 Å². The first-order valence-electron chi connectivity index (χ1n) is 5.47. The molecule has 2 aromatic rings. The van der Waals surface area contributed by atoms with Gasteiger partial charge in [0.05, 0.1) is 0 Å². The summed E-state index contributed by atoms with van der Waals surface area (Å²) in [5.41, 5.74) is 1.03. The number of para-hydroxylation sites is 1. The Kier molecular flexibility index (Phi) is 15.0. The predicted molar refractivity (Wildman–Crippen MR) is 68.8 cm³/mol. The molecule has 0 saturated heterocycles. The van der Waals surface area contributed by atoms with E-state index in [1.165, 1.54) is 0 Å². The third-order valence-corrected chi connectivity index (χ3v) is 2.27. The first-order chi connectivity index (χ1) is 7.52. The van der Waals surface area contributed by atoms with Gasteiger partial charge in [0.2, 0.25) is 0 Å². The van der Waals surface area contributed by atoms with Crippen molar-refractivity contribution in [2.75, 3.05) is 0 Å². The van der Waals surface area contributed by atoms with Crippen LogP contribution in [0.25, 0.3) is 0 Å². The third-order valence-electron chi connectivity index (χ3n) is 2.27. The molecule has 2 rings (SSSR count). The van der Waals surface area contributed by atoms with Gasteiger partial charge < -0.3 is 39.1 Å². The van der Waals surface area contributed by atoms with Crippen LogP contribution in [-0.4, -0.2) is 5.11 Å². The maximum Gasteiger partial charge on any atom is 3.00 e. The molecule has 0 aliphatic heterocycles. The number of phenols is 1. The van der Waals surface area contributed by atoms with Crippen molar-refractivity contribution in [1.29, 1.82) is 0 Å². The number of phenolic OH excluding ortho intramolecular Hbond substituents is 1. The molecule has 0 saturated carbocycles. The van der Waals surface area contributed by atoms with Crippen molar-refractivity contribution in [3.63, 3.8) is 0 Å². The quantitative estimate of drug-likeness (QED) is 0.388. The number of aromatic hydroxyl groups is 1. The van der Waals surface area contributed by atoms with E-state index in [4.69, 9.17) is 0 Å². The van der Waals surface area contributed by atoms with Crippen molar-refractivity contribution in [3.05, 3.63) is 60.2 Å². The van der Waals surface area contributed by atoms with E-state index in [2.05, 4.69) is 20.8 Å². The van der Waals surface area contributed by atoms with Gasteiger partial charge in [0, 0.05) is 0 Å². The molecular weight excluding hydrogens is 404 g/mol. The molecule has 1 radical (unpaired) electrons. The molecule has 2 aromatic carbocycles.